The summed E-state index contributed by atoms with van der Waals surface area (Å²) in [6, 6.07) is 20.5. The molecule has 3 aromatic heterocycles. The summed E-state index contributed by atoms with van der Waals surface area (Å²) in [5, 5.41) is 11.7. The molecule has 0 saturated carbocycles. The number of nitrogens with one attached hydrogen (secondary N) is 1. The second kappa shape index (κ2) is 10.1. The number of halogens is 1. The van der Waals surface area contributed by atoms with Gasteiger partial charge in [0.1, 0.15) is 17.2 Å². The molecule has 6 rings (SSSR count). The van der Waals surface area contributed by atoms with E-state index in [4.69, 9.17) is 4.42 Å². The molecule has 0 saturated heterocycles. The smallest absolute Gasteiger partial charge is 0.255 e. The number of pyridine rings is 1. The van der Waals surface area contributed by atoms with E-state index in [1.165, 1.54) is 23.5 Å². The summed E-state index contributed by atoms with van der Waals surface area (Å²) < 4.78 is 48.2. The van der Waals surface area contributed by atoms with Crippen LogP contribution in [-0.4, -0.2) is 49.3 Å². The molecule has 42 heavy (non-hydrogen) atoms. The Morgan fingerprint density at radius 3 is 2.29 bits per heavy atom. The first-order valence-corrected chi connectivity index (χ1v) is 14.8. The summed E-state index contributed by atoms with van der Waals surface area (Å²) in [6.07, 6.45) is 2.90. The van der Waals surface area contributed by atoms with Crippen molar-refractivity contribution in [3.63, 3.8) is 0 Å². The van der Waals surface area contributed by atoms with Gasteiger partial charge < -0.3 is 9.73 Å². The van der Waals surface area contributed by atoms with E-state index in [9.17, 15) is 17.6 Å². The molecule has 0 radical (unpaired) electrons. The van der Waals surface area contributed by atoms with Crippen LogP contribution in [0, 0.1) is 12.7 Å². The number of benzene rings is 3. The molecule has 0 aliphatic rings. The molecule has 3 heterocycles. The molecule has 6 aromatic rings. The maximum absolute atomic E-state index is 13.6. The summed E-state index contributed by atoms with van der Waals surface area (Å²) in [7, 11) is -0.669. The van der Waals surface area contributed by atoms with Crippen LogP contribution in [0.25, 0.3) is 50.5 Å². The third-order valence-corrected chi connectivity index (χ3v) is 8.42. The normalized spacial score (nSPS) is 11.7. The Kier molecular flexibility index (Phi) is 6.53. The largest absolute Gasteiger partial charge is 0.455 e. The molecule has 0 atom stereocenters. The van der Waals surface area contributed by atoms with Crippen LogP contribution < -0.4 is 9.62 Å². The number of carbonyl (C=O) groups is 1. The zero-order valence-electron chi connectivity index (χ0n) is 23.2. The van der Waals surface area contributed by atoms with Gasteiger partial charge in [0.05, 0.1) is 17.5 Å². The minimum atomic E-state index is -3.68. The number of amides is 1. The second-order valence-corrected chi connectivity index (χ2v) is 12.0. The van der Waals surface area contributed by atoms with E-state index in [-0.39, 0.29) is 11.7 Å². The van der Waals surface area contributed by atoms with Gasteiger partial charge >= 0.3 is 0 Å². The summed E-state index contributed by atoms with van der Waals surface area (Å²) in [5.74, 6) is 0.156. The Bertz CT molecular complexity index is 2100. The van der Waals surface area contributed by atoms with Crippen molar-refractivity contribution in [1.29, 1.82) is 0 Å². The predicted octanol–water partition coefficient (Wildman–Crippen LogP) is 5.68. The number of sulfonamides is 1. The van der Waals surface area contributed by atoms with Gasteiger partial charge in [-0.2, -0.15) is 0 Å². The molecule has 0 fully saturated rings. The molecule has 0 aliphatic heterocycles. The molecule has 0 spiro atoms. The summed E-state index contributed by atoms with van der Waals surface area (Å²) in [6.45, 7) is 1.97. The van der Waals surface area contributed by atoms with Crippen LogP contribution in [0.1, 0.15) is 15.9 Å². The van der Waals surface area contributed by atoms with E-state index in [0.29, 0.717) is 61.7 Å². The van der Waals surface area contributed by atoms with Crippen LogP contribution >= 0.6 is 0 Å². The molecular formula is C31H26FN5O4S. The average Bonchev–Trinajstić information content (AvgIpc) is 3.57. The van der Waals surface area contributed by atoms with Crippen molar-refractivity contribution in [1.82, 2.24) is 19.9 Å². The average molecular weight is 584 g/mol. The maximum Gasteiger partial charge on any atom is 0.255 e. The van der Waals surface area contributed by atoms with Gasteiger partial charge in [0, 0.05) is 54.0 Å². The third-order valence-electron chi connectivity index (χ3n) is 7.23. The fourth-order valence-corrected chi connectivity index (χ4v) is 5.42. The van der Waals surface area contributed by atoms with Crippen LogP contribution in [0.15, 0.2) is 83.4 Å². The van der Waals surface area contributed by atoms with Gasteiger partial charge in [0.15, 0.2) is 11.5 Å². The predicted molar refractivity (Wildman–Crippen MR) is 160 cm³/mol. The highest BCUT2D eigenvalue weighted by molar-refractivity contribution is 7.92. The van der Waals surface area contributed by atoms with E-state index < -0.39 is 10.0 Å². The van der Waals surface area contributed by atoms with Gasteiger partial charge in [-0.05, 0) is 49.4 Å². The number of aromatic nitrogens is 3. The monoisotopic (exact) mass is 583 g/mol. The second-order valence-electron chi connectivity index (χ2n) is 10.0. The van der Waals surface area contributed by atoms with Crippen molar-refractivity contribution in [3.05, 3.63) is 95.9 Å². The van der Waals surface area contributed by atoms with Crippen molar-refractivity contribution >= 4 is 38.2 Å². The van der Waals surface area contributed by atoms with Crippen LogP contribution in [-0.2, 0) is 10.0 Å². The first-order chi connectivity index (χ1) is 20.0. The van der Waals surface area contributed by atoms with Crippen molar-refractivity contribution in [2.45, 2.75) is 6.92 Å². The Labute approximate surface area is 241 Å². The highest BCUT2D eigenvalue weighted by Gasteiger charge is 2.26. The molecule has 212 valence electrons. The van der Waals surface area contributed by atoms with E-state index in [1.54, 1.807) is 54.0 Å². The molecule has 0 bridgehead atoms. The number of anilines is 1. The maximum atomic E-state index is 13.6. The number of furan rings is 1. The van der Waals surface area contributed by atoms with Crippen LogP contribution in [0.4, 0.5) is 10.1 Å². The van der Waals surface area contributed by atoms with Crippen molar-refractivity contribution in [2.24, 2.45) is 0 Å². The number of nitrogens with zero attached hydrogens (tertiary/aromatic N) is 4. The molecule has 11 heteroatoms. The Hall–Kier alpha value is -5.03. The molecule has 1 amide bonds. The number of rotatable bonds is 6. The number of carbonyl (C=O) groups excluding carboxylic acids is 1. The minimum Gasteiger partial charge on any atom is -0.455 e. The van der Waals surface area contributed by atoms with E-state index in [2.05, 4.69) is 15.5 Å². The van der Waals surface area contributed by atoms with Crippen molar-refractivity contribution in [2.75, 3.05) is 24.7 Å². The lowest BCUT2D eigenvalue weighted by molar-refractivity contribution is 0.0964. The van der Waals surface area contributed by atoms with Gasteiger partial charge in [0.2, 0.25) is 10.0 Å². The summed E-state index contributed by atoms with van der Waals surface area (Å²) in [5.41, 5.74) is 5.20. The van der Waals surface area contributed by atoms with Gasteiger partial charge in [-0.1, -0.05) is 29.8 Å². The Morgan fingerprint density at radius 1 is 0.952 bits per heavy atom. The number of fused-ring (bicyclic) bond motifs is 2. The fraction of sp³-hybridized carbons (Fsp3) is 0.129. The lowest BCUT2D eigenvalue weighted by Gasteiger charge is -2.21. The molecule has 9 nitrogen and oxygen atoms in total. The van der Waals surface area contributed by atoms with Gasteiger partial charge in [0.25, 0.3) is 5.91 Å². The first-order valence-electron chi connectivity index (χ1n) is 13.0. The van der Waals surface area contributed by atoms with Gasteiger partial charge in [-0.25, -0.2) is 12.8 Å². The van der Waals surface area contributed by atoms with Crippen molar-refractivity contribution < 1.29 is 22.0 Å². The highest BCUT2D eigenvalue weighted by atomic mass is 32.2. The molecular weight excluding hydrogens is 557 g/mol. The summed E-state index contributed by atoms with van der Waals surface area (Å²) in [4.78, 5) is 13.2. The number of hydrogen-bond acceptors (Lipinski definition) is 6. The lowest BCUT2D eigenvalue weighted by atomic mass is 9.99. The van der Waals surface area contributed by atoms with E-state index >= 15 is 0 Å². The van der Waals surface area contributed by atoms with Gasteiger partial charge in [-0.15, -0.1) is 10.2 Å². The van der Waals surface area contributed by atoms with Crippen LogP contribution in [0.3, 0.4) is 0 Å². The minimum absolute atomic E-state index is 0.337. The topological polar surface area (TPSA) is 110 Å². The summed E-state index contributed by atoms with van der Waals surface area (Å²) >= 11 is 0. The van der Waals surface area contributed by atoms with Gasteiger partial charge in [-0.3, -0.25) is 13.5 Å². The number of hydrogen-bond donors (Lipinski definition) is 1. The van der Waals surface area contributed by atoms with E-state index in [0.717, 1.165) is 11.8 Å². The first kappa shape index (κ1) is 27.2. The standard InChI is InChI=1S/C31H26FN5O4S/c1-18-5-7-19(8-6-18)29-28(31(38)33-2)24-15-23(25(16-26(24)41-29)36(3)42(4,39)40)21-11-14-27-34-35-30(37(27)17-21)20-9-12-22(32)13-10-20/h5-17H,1-4H3,(H,33,38). The molecule has 3 aromatic carbocycles. The molecule has 0 unspecified atom stereocenters. The lowest BCUT2D eigenvalue weighted by Crippen LogP contribution is -2.25. The molecule has 0 aliphatic carbocycles. The van der Waals surface area contributed by atoms with E-state index in [1.807, 2.05) is 31.2 Å². The zero-order valence-corrected chi connectivity index (χ0v) is 24.0. The van der Waals surface area contributed by atoms with Crippen LogP contribution in [0.5, 0.6) is 0 Å². The SMILES string of the molecule is CNC(=O)c1c(-c2ccc(C)cc2)oc2cc(N(C)S(C)(=O)=O)c(-c3ccc4nnc(-c5ccc(F)cc5)n4c3)cc12. The van der Waals surface area contributed by atoms with Crippen LogP contribution in [0.2, 0.25) is 0 Å². The fourth-order valence-electron chi connectivity index (χ4n) is 4.91. The molecule has 1 N–H and O–H groups in total. The highest BCUT2D eigenvalue weighted by Crippen LogP contribution is 2.41. The Morgan fingerprint density at radius 2 is 1.62 bits per heavy atom. The quantitative estimate of drug-likeness (QED) is 0.270. The van der Waals surface area contributed by atoms with Crippen molar-refractivity contribution in [3.8, 4) is 33.8 Å². The third kappa shape index (κ3) is 4.67. The zero-order chi connectivity index (χ0) is 29.8. The number of aryl methyl sites for hydroxylation is 1. The Balaban J connectivity index is 1.63.